The molecule has 0 saturated heterocycles. The van der Waals surface area contributed by atoms with Crippen LogP contribution in [0, 0.1) is 4.78 Å². The maximum atomic E-state index is 11.6. The standard InChI is InChI=1S/C9H18N4O2S2/c1-9(2,14)8-12-6(5-13(3)4)7(16-8)17(10,11)15/h14H,5H2,1-4H3,(H3,10,11,15). The number of hydrogen-bond donors (Lipinski definition) is 3. The zero-order chi connectivity index (χ0) is 13.4. The Hall–Kier alpha value is -0.540. The van der Waals surface area contributed by atoms with Crippen LogP contribution in [-0.4, -0.2) is 33.3 Å². The Morgan fingerprint density at radius 1 is 1.59 bits per heavy atom. The van der Waals surface area contributed by atoms with E-state index in [4.69, 9.17) is 9.92 Å². The molecule has 0 radical (unpaired) electrons. The maximum absolute atomic E-state index is 11.6. The summed E-state index contributed by atoms with van der Waals surface area (Å²) in [4.78, 5) is 6.08. The molecule has 0 fully saturated rings. The molecule has 6 nitrogen and oxygen atoms in total. The molecule has 0 bridgehead atoms. The Morgan fingerprint density at radius 3 is 2.47 bits per heavy atom. The first kappa shape index (κ1) is 14.5. The minimum Gasteiger partial charge on any atom is -0.383 e. The fourth-order valence-corrected chi connectivity index (χ4v) is 3.24. The second-order valence-corrected chi connectivity index (χ2v) is 7.52. The molecule has 0 aliphatic heterocycles. The van der Waals surface area contributed by atoms with Crippen LogP contribution in [0.4, 0.5) is 0 Å². The van der Waals surface area contributed by atoms with Gasteiger partial charge in [-0.05, 0) is 27.9 Å². The first-order chi connectivity index (χ1) is 7.51. The quantitative estimate of drug-likeness (QED) is 0.754. The number of rotatable bonds is 4. The van der Waals surface area contributed by atoms with Gasteiger partial charge in [0.05, 0.1) is 5.69 Å². The largest absolute Gasteiger partial charge is 0.383 e. The summed E-state index contributed by atoms with van der Waals surface area (Å²) >= 11 is 1.04. The SMILES string of the molecule is CN(C)Cc1nc(C(C)(C)O)sc1S(=N)(N)=O. The van der Waals surface area contributed by atoms with Gasteiger partial charge in [-0.3, -0.25) is 0 Å². The molecule has 1 unspecified atom stereocenters. The van der Waals surface area contributed by atoms with E-state index in [-0.39, 0.29) is 4.21 Å². The van der Waals surface area contributed by atoms with Crippen molar-refractivity contribution < 1.29 is 9.32 Å². The zero-order valence-electron chi connectivity index (χ0n) is 10.4. The highest BCUT2D eigenvalue weighted by Crippen LogP contribution is 2.30. The molecule has 98 valence electrons. The van der Waals surface area contributed by atoms with Gasteiger partial charge in [0.2, 0.25) is 0 Å². The number of aromatic nitrogens is 1. The predicted molar refractivity (Wildman–Crippen MR) is 68.1 cm³/mol. The smallest absolute Gasteiger partial charge is 0.143 e. The summed E-state index contributed by atoms with van der Waals surface area (Å²) in [7, 11) is 0.385. The van der Waals surface area contributed by atoms with Crippen molar-refractivity contribution >= 4 is 21.3 Å². The normalized spacial score (nSPS) is 16.2. The van der Waals surface area contributed by atoms with Crippen LogP contribution in [0.1, 0.15) is 24.5 Å². The number of nitrogens with one attached hydrogen (secondary N) is 1. The van der Waals surface area contributed by atoms with E-state index in [0.717, 1.165) is 11.3 Å². The van der Waals surface area contributed by atoms with Gasteiger partial charge >= 0.3 is 0 Å². The number of hydrogen-bond acceptors (Lipinski definition) is 6. The van der Waals surface area contributed by atoms with Gasteiger partial charge in [0.15, 0.2) is 0 Å². The fourth-order valence-electron chi connectivity index (χ4n) is 1.24. The van der Waals surface area contributed by atoms with Gasteiger partial charge in [0.25, 0.3) is 0 Å². The van der Waals surface area contributed by atoms with Crippen LogP contribution in [0.25, 0.3) is 0 Å². The molecule has 4 N–H and O–H groups in total. The van der Waals surface area contributed by atoms with Crippen molar-refractivity contribution in [2.75, 3.05) is 14.1 Å². The minimum absolute atomic E-state index is 0.239. The third kappa shape index (κ3) is 3.71. The van der Waals surface area contributed by atoms with Crippen molar-refractivity contribution in [2.45, 2.75) is 30.2 Å². The molecule has 1 heterocycles. The number of nitrogens with zero attached hydrogens (tertiary/aromatic N) is 2. The van der Waals surface area contributed by atoms with E-state index in [1.807, 2.05) is 19.0 Å². The van der Waals surface area contributed by atoms with Gasteiger partial charge in [-0.2, -0.15) is 0 Å². The van der Waals surface area contributed by atoms with Crippen molar-refractivity contribution in [2.24, 2.45) is 5.14 Å². The lowest BCUT2D eigenvalue weighted by molar-refractivity contribution is 0.0780. The van der Waals surface area contributed by atoms with Gasteiger partial charge in [-0.25, -0.2) is 19.1 Å². The summed E-state index contributed by atoms with van der Waals surface area (Å²) in [6.45, 7) is 3.63. The molecule has 1 aromatic rings. The Balaban J connectivity index is 3.32. The summed E-state index contributed by atoms with van der Waals surface area (Å²) in [5.74, 6) is 0. The zero-order valence-corrected chi connectivity index (χ0v) is 12.0. The molecule has 1 aromatic heterocycles. The van der Waals surface area contributed by atoms with Gasteiger partial charge in [-0.15, -0.1) is 11.3 Å². The molecule has 1 rings (SSSR count). The number of nitrogens with two attached hydrogens (primary N) is 1. The van der Waals surface area contributed by atoms with Gasteiger partial charge in [0.1, 0.15) is 24.7 Å². The molecular formula is C9H18N4O2S2. The Kier molecular flexibility index (Phi) is 3.94. The highest BCUT2D eigenvalue weighted by molar-refractivity contribution is 7.92. The van der Waals surface area contributed by atoms with Crippen LogP contribution in [0.5, 0.6) is 0 Å². The third-order valence-corrected chi connectivity index (χ3v) is 4.91. The average Bonchev–Trinajstić information content (AvgIpc) is 2.44. The molecule has 0 saturated carbocycles. The van der Waals surface area contributed by atoms with Gasteiger partial charge in [-0.1, -0.05) is 0 Å². The van der Waals surface area contributed by atoms with Crippen LogP contribution in [0.15, 0.2) is 4.21 Å². The van der Waals surface area contributed by atoms with Crippen LogP contribution >= 0.6 is 11.3 Å². The van der Waals surface area contributed by atoms with Gasteiger partial charge < -0.3 is 10.0 Å². The summed E-state index contributed by atoms with van der Waals surface area (Å²) in [5.41, 5.74) is -0.617. The first-order valence-corrected chi connectivity index (χ1v) is 7.39. The summed E-state index contributed by atoms with van der Waals surface area (Å²) in [6, 6.07) is 0. The van der Waals surface area contributed by atoms with E-state index in [2.05, 4.69) is 4.98 Å². The molecule has 0 aliphatic rings. The van der Waals surface area contributed by atoms with Crippen molar-refractivity contribution in [1.29, 1.82) is 4.78 Å². The topological polar surface area (TPSA) is 103 Å². The molecule has 0 spiro atoms. The molecule has 0 amide bonds. The lowest BCUT2D eigenvalue weighted by atomic mass is 10.1. The monoisotopic (exact) mass is 278 g/mol. The van der Waals surface area contributed by atoms with Gasteiger partial charge in [0, 0.05) is 6.54 Å². The molecule has 1 atom stereocenters. The summed E-state index contributed by atoms with van der Waals surface area (Å²) < 4.78 is 19.3. The van der Waals surface area contributed by atoms with Crippen molar-refractivity contribution in [3.8, 4) is 0 Å². The highest BCUT2D eigenvalue weighted by atomic mass is 32.2. The van der Waals surface area contributed by atoms with E-state index < -0.39 is 15.5 Å². The Labute approximate surface area is 106 Å². The van der Waals surface area contributed by atoms with Crippen molar-refractivity contribution in [1.82, 2.24) is 9.88 Å². The average molecular weight is 278 g/mol. The molecule has 0 aromatic carbocycles. The summed E-state index contributed by atoms with van der Waals surface area (Å²) in [5, 5.41) is 15.6. The van der Waals surface area contributed by atoms with Crippen LogP contribution < -0.4 is 5.14 Å². The second-order valence-electron chi connectivity index (χ2n) is 4.65. The van der Waals surface area contributed by atoms with Crippen molar-refractivity contribution in [3.63, 3.8) is 0 Å². The summed E-state index contributed by atoms with van der Waals surface area (Å²) in [6.07, 6.45) is 0. The number of thiazole rings is 1. The lowest BCUT2D eigenvalue weighted by Crippen LogP contribution is -2.17. The number of aliphatic hydroxyl groups is 1. The fraction of sp³-hybridized carbons (Fsp3) is 0.667. The predicted octanol–water partition coefficient (Wildman–Crippen LogP) is 0.711. The van der Waals surface area contributed by atoms with Crippen LogP contribution in [0.3, 0.4) is 0 Å². The van der Waals surface area contributed by atoms with Crippen LogP contribution in [0.2, 0.25) is 0 Å². The highest BCUT2D eigenvalue weighted by Gasteiger charge is 2.26. The Morgan fingerprint density at radius 2 is 2.12 bits per heavy atom. The lowest BCUT2D eigenvalue weighted by Gasteiger charge is -2.12. The third-order valence-electron chi connectivity index (χ3n) is 1.93. The molecule has 17 heavy (non-hydrogen) atoms. The first-order valence-electron chi connectivity index (χ1n) is 4.95. The van der Waals surface area contributed by atoms with E-state index in [1.165, 1.54) is 0 Å². The molecule has 8 heteroatoms. The van der Waals surface area contributed by atoms with E-state index >= 15 is 0 Å². The van der Waals surface area contributed by atoms with E-state index in [0.29, 0.717) is 17.2 Å². The molecule has 0 aliphatic carbocycles. The minimum atomic E-state index is -3.30. The van der Waals surface area contributed by atoms with Crippen LogP contribution in [-0.2, 0) is 22.1 Å². The molecular weight excluding hydrogens is 260 g/mol. The Bertz CT molecular complexity index is 500. The van der Waals surface area contributed by atoms with Crippen molar-refractivity contribution in [3.05, 3.63) is 10.7 Å². The van der Waals surface area contributed by atoms with E-state index in [1.54, 1.807) is 13.8 Å². The second kappa shape index (κ2) is 4.62. The maximum Gasteiger partial charge on any atom is 0.143 e. The van der Waals surface area contributed by atoms with E-state index in [9.17, 15) is 9.32 Å².